The van der Waals surface area contributed by atoms with Gasteiger partial charge in [0, 0.05) is 23.9 Å². The average Bonchev–Trinajstić information content (AvgIpc) is 3.31. The Hall–Kier alpha value is -2.92. The molecule has 0 bridgehead atoms. The number of aromatic nitrogens is 2. The first-order valence-electron chi connectivity index (χ1n) is 8.05. The minimum Gasteiger partial charge on any atom is -0.495 e. The zero-order valence-electron chi connectivity index (χ0n) is 14.4. The standard InChI is InChI=1S/C16H18N4O6S/c1-26-12-5-2-10(8-13(12)27(24,25)19-11-3-4-11)16(23)17-14-6-7-20(18-14)9-15(21)22/h2,5-8,11,19H,3-4,9H2,1H3,(H,21,22)(H,17,18,23). The van der Waals surface area contributed by atoms with Gasteiger partial charge in [-0.3, -0.25) is 14.3 Å². The molecule has 3 N–H and O–H groups in total. The van der Waals surface area contributed by atoms with Crippen LogP contribution in [0.2, 0.25) is 0 Å². The van der Waals surface area contributed by atoms with Crippen LogP contribution in [0.1, 0.15) is 23.2 Å². The normalized spacial score (nSPS) is 14.0. The quantitative estimate of drug-likeness (QED) is 0.598. The maximum Gasteiger partial charge on any atom is 0.325 e. The van der Waals surface area contributed by atoms with Crippen molar-refractivity contribution < 1.29 is 27.9 Å². The molecular formula is C16H18N4O6S. The Morgan fingerprint density at radius 2 is 2.07 bits per heavy atom. The van der Waals surface area contributed by atoms with E-state index in [1.807, 2.05) is 0 Å². The molecule has 1 aromatic carbocycles. The first kappa shape index (κ1) is 18.9. The summed E-state index contributed by atoms with van der Waals surface area (Å²) in [7, 11) is -2.47. The molecule has 0 radical (unpaired) electrons. The third-order valence-corrected chi connectivity index (χ3v) is 5.34. The Labute approximate surface area is 155 Å². The highest BCUT2D eigenvalue weighted by molar-refractivity contribution is 7.89. The van der Waals surface area contributed by atoms with Gasteiger partial charge in [-0.05, 0) is 31.0 Å². The van der Waals surface area contributed by atoms with Crippen molar-refractivity contribution in [1.82, 2.24) is 14.5 Å². The number of aliphatic carboxylic acids is 1. The lowest BCUT2D eigenvalue weighted by molar-refractivity contribution is -0.137. The van der Waals surface area contributed by atoms with E-state index in [0.29, 0.717) is 0 Å². The highest BCUT2D eigenvalue weighted by Gasteiger charge is 2.30. The Morgan fingerprint density at radius 3 is 2.70 bits per heavy atom. The highest BCUT2D eigenvalue weighted by Crippen LogP contribution is 2.28. The van der Waals surface area contributed by atoms with Crippen LogP contribution in [0.25, 0.3) is 0 Å². The van der Waals surface area contributed by atoms with Gasteiger partial charge in [0.2, 0.25) is 10.0 Å². The molecule has 3 rings (SSSR count). The van der Waals surface area contributed by atoms with Crippen molar-refractivity contribution in [2.45, 2.75) is 30.3 Å². The number of hydrogen-bond donors (Lipinski definition) is 3. The zero-order chi connectivity index (χ0) is 19.6. The molecule has 144 valence electrons. The number of hydrogen-bond acceptors (Lipinski definition) is 6. The maximum absolute atomic E-state index is 12.5. The van der Waals surface area contributed by atoms with Gasteiger partial charge in [-0.2, -0.15) is 5.10 Å². The van der Waals surface area contributed by atoms with Gasteiger partial charge < -0.3 is 15.2 Å². The van der Waals surface area contributed by atoms with E-state index < -0.39 is 21.9 Å². The SMILES string of the molecule is COc1ccc(C(=O)Nc2ccn(CC(=O)O)n2)cc1S(=O)(=O)NC1CC1. The van der Waals surface area contributed by atoms with E-state index in [0.717, 1.165) is 17.5 Å². The molecule has 1 heterocycles. The summed E-state index contributed by atoms with van der Waals surface area (Å²) < 4.78 is 33.8. The van der Waals surface area contributed by atoms with Crippen LogP contribution < -0.4 is 14.8 Å². The molecule has 10 nitrogen and oxygen atoms in total. The molecule has 1 fully saturated rings. The molecule has 2 aromatic rings. The molecule has 1 amide bonds. The van der Waals surface area contributed by atoms with E-state index in [4.69, 9.17) is 9.84 Å². The highest BCUT2D eigenvalue weighted by atomic mass is 32.2. The van der Waals surface area contributed by atoms with Gasteiger partial charge in [0.1, 0.15) is 17.2 Å². The molecular weight excluding hydrogens is 376 g/mol. The average molecular weight is 394 g/mol. The number of anilines is 1. The van der Waals surface area contributed by atoms with Crippen molar-refractivity contribution in [3.05, 3.63) is 36.0 Å². The first-order chi connectivity index (χ1) is 12.8. The lowest BCUT2D eigenvalue weighted by atomic mass is 10.2. The molecule has 27 heavy (non-hydrogen) atoms. The number of amides is 1. The van der Waals surface area contributed by atoms with Crippen molar-refractivity contribution >= 4 is 27.7 Å². The summed E-state index contributed by atoms with van der Waals surface area (Å²) in [5.74, 6) is -1.37. The Morgan fingerprint density at radius 1 is 1.33 bits per heavy atom. The van der Waals surface area contributed by atoms with Gasteiger partial charge in [0.25, 0.3) is 5.91 Å². The lowest BCUT2D eigenvalue weighted by Gasteiger charge is -2.12. The Balaban J connectivity index is 1.81. The molecule has 0 unspecified atom stereocenters. The van der Waals surface area contributed by atoms with Gasteiger partial charge in [0.15, 0.2) is 5.82 Å². The second-order valence-electron chi connectivity index (χ2n) is 6.01. The molecule has 0 saturated heterocycles. The van der Waals surface area contributed by atoms with Crippen LogP contribution in [0.3, 0.4) is 0 Å². The van der Waals surface area contributed by atoms with Crippen molar-refractivity contribution in [2.75, 3.05) is 12.4 Å². The van der Waals surface area contributed by atoms with Crippen molar-refractivity contribution in [2.24, 2.45) is 0 Å². The van der Waals surface area contributed by atoms with Crippen molar-refractivity contribution in [3.63, 3.8) is 0 Å². The summed E-state index contributed by atoms with van der Waals surface area (Å²) in [6.07, 6.45) is 2.97. The number of methoxy groups -OCH3 is 1. The predicted octanol–water partition coefficient (Wildman–Crippen LogP) is 0.669. The fourth-order valence-corrected chi connectivity index (χ4v) is 3.86. The smallest absolute Gasteiger partial charge is 0.325 e. The topological polar surface area (TPSA) is 140 Å². The number of carbonyl (C=O) groups excluding carboxylic acids is 1. The number of benzene rings is 1. The van der Waals surface area contributed by atoms with Crippen LogP contribution in [-0.4, -0.2) is 48.3 Å². The molecule has 1 aromatic heterocycles. The molecule has 1 saturated carbocycles. The molecule has 1 aliphatic carbocycles. The predicted molar refractivity (Wildman–Crippen MR) is 94.2 cm³/mol. The van der Waals surface area contributed by atoms with Crippen molar-refractivity contribution in [1.29, 1.82) is 0 Å². The fourth-order valence-electron chi connectivity index (χ4n) is 2.36. The molecule has 0 spiro atoms. The fraction of sp³-hybridized carbons (Fsp3) is 0.312. The number of carbonyl (C=O) groups is 2. The van der Waals surface area contributed by atoms with E-state index in [-0.39, 0.29) is 34.6 Å². The third-order valence-electron chi connectivity index (χ3n) is 3.79. The summed E-state index contributed by atoms with van der Waals surface area (Å²) in [5.41, 5.74) is 0.0970. The monoisotopic (exact) mass is 394 g/mol. The minimum atomic E-state index is -3.82. The van der Waals surface area contributed by atoms with E-state index >= 15 is 0 Å². The number of nitrogens with one attached hydrogen (secondary N) is 2. The van der Waals surface area contributed by atoms with Gasteiger partial charge in [-0.1, -0.05) is 0 Å². The summed E-state index contributed by atoms with van der Waals surface area (Å²) in [5, 5.41) is 15.2. The minimum absolute atomic E-state index is 0.0876. The first-order valence-corrected chi connectivity index (χ1v) is 9.54. The molecule has 0 atom stereocenters. The van der Waals surface area contributed by atoms with E-state index in [2.05, 4.69) is 15.1 Å². The summed E-state index contributed by atoms with van der Waals surface area (Å²) in [4.78, 5) is 23.0. The summed E-state index contributed by atoms with van der Waals surface area (Å²) in [6, 6.07) is 5.41. The Kier molecular flexibility index (Phi) is 5.15. The number of rotatable bonds is 8. The number of sulfonamides is 1. The molecule has 0 aliphatic heterocycles. The summed E-state index contributed by atoms with van der Waals surface area (Å²) >= 11 is 0. The maximum atomic E-state index is 12.5. The number of ether oxygens (including phenoxy) is 1. The van der Waals surface area contributed by atoms with Crippen LogP contribution in [0, 0.1) is 0 Å². The van der Waals surface area contributed by atoms with Crippen LogP contribution in [0.15, 0.2) is 35.4 Å². The largest absolute Gasteiger partial charge is 0.495 e. The lowest BCUT2D eigenvalue weighted by Crippen LogP contribution is -2.26. The van der Waals surface area contributed by atoms with Gasteiger partial charge in [-0.25, -0.2) is 13.1 Å². The Bertz CT molecular complexity index is 981. The second kappa shape index (κ2) is 7.37. The second-order valence-corrected chi connectivity index (χ2v) is 7.69. The summed E-state index contributed by atoms with van der Waals surface area (Å²) in [6.45, 7) is -0.340. The van der Waals surface area contributed by atoms with Crippen molar-refractivity contribution in [3.8, 4) is 5.75 Å². The van der Waals surface area contributed by atoms with Crippen LogP contribution >= 0.6 is 0 Å². The van der Waals surface area contributed by atoms with E-state index in [9.17, 15) is 18.0 Å². The number of carboxylic acid groups (broad SMARTS) is 1. The van der Waals surface area contributed by atoms with Crippen LogP contribution in [0.5, 0.6) is 5.75 Å². The van der Waals surface area contributed by atoms with Crippen LogP contribution in [0.4, 0.5) is 5.82 Å². The molecule has 11 heteroatoms. The van der Waals surface area contributed by atoms with E-state index in [1.165, 1.54) is 37.6 Å². The number of nitrogens with zero attached hydrogens (tertiary/aromatic N) is 2. The number of carboxylic acids is 1. The van der Waals surface area contributed by atoms with E-state index in [1.54, 1.807) is 0 Å². The van der Waals surface area contributed by atoms with Gasteiger partial charge >= 0.3 is 5.97 Å². The van der Waals surface area contributed by atoms with Gasteiger partial charge in [-0.15, -0.1) is 0 Å². The zero-order valence-corrected chi connectivity index (χ0v) is 15.2. The third kappa shape index (κ3) is 4.63. The molecule has 1 aliphatic rings. The van der Waals surface area contributed by atoms with Gasteiger partial charge in [0.05, 0.1) is 7.11 Å². The van der Waals surface area contributed by atoms with Crippen LogP contribution in [-0.2, 0) is 21.4 Å².